The summed E-state index contributed by atoms with van der Waals surface area (Å²) in [6.07, 6.45) is -0.821. The van der Waals surface area contributed by atoms with Crippen LogP contribution in [0.1, 0.15) is 34.6 Å². The molecule has 0 saturated heterocycles. The summed E-state index contributed by atoms with van der Waals surface area (Å²) in [5, 5.41) is 0. The van der Waals surface area contributed by atoms with Crippen molar-refractivity contribution in [1.29, 1.82) is 0 Å². The number of carbonyl (C=O) groups is 1. The van der Waals surface area contributed by atoms with Crippen LogP contribution in [0.15, 0.2) is 0 Å². The highest BCUT2D eigenvalue weighted by atomic mass is 16.7. The Hall–Kier alpha value is -0.650. The summed E-state index contributed by atoms with van der Waals surface area (Å²) in [7, 11) is 0. The molecule has 0 aliphatic heterocycles. The molecule has 0 aromatic carbocycles. The highest BCUT2D eigenvalue weighted by molar-refractivity contribution is 5.72. The summed E-state index contributed by atoms with van der Waals surface area (Å²) < 4.78 is 20.7. The molecule has 0 heterocycles. The first-order chi connectivity index (χ1) is 8.01. The molecule has 0 aromatic heterocycles. The van der Waals surface area contributed by atoms with Crippen LogP contribution in [0.5, 0.6) is 0 Å². The fraction of sp³-hybridized carbons (Fsp3) is 0.917. The quantitative estimate of drug-likeness (QED) is 0.461. The summed E-state index contributed by atoms with van der Waals surface area (Å²) >= 11 is 0. The van der Waals surface area contributed by atoms with Crippen molar-refractivity contribution in [2.24, 2.45) is 5.92 Å². The maximum absolute atomic E-state index is 11.6. The van der Waals surface area contributed by atoms with Crippen LogP contribution in [0.3, 0.4) is 0 Å². The van der Waals surface area contributed by atoms with Crippen LogP contribution in [0.2, 0.25) is 0 Å². The molecule has 3 unspecified atom stereocenters. The van der Waals surface area contributed by atoms with Crippen molar-refractivity contribution in [2.75, 3.05) is 19.8 Å². The van der Waals surface area contributed by atoms with Crippen LogP contribution in [0.25, 0.3) is 0 Å². The lowest BCUT2D eigenvalue weighted by atomic mass is 10.2. The van der Waals surface area contributed by atoms with Crippen LogP contribution in [-0.4, -0.2) is 38.4 Å². The number of esters is 1. The van der Waals surface area contributed by atoms with Crippen LogP contribution in [0, 0.1) is 5.92 Å². The largest absolute Gasteiger partial charge is 0.436 e. The van der Waals surface area contributed by atoms with E-state index in [2.05, 4.69) is 0 Å². The zero-order valence-corrected chi connectivity index (χ0v) is 11.4. The van der Waals surface area contributed by atoms with E-state index in [0.29, 0.717) is 13.2 Å². The molecule has 0 N–H and O–H groups in total. The highest BCUT2D eigenvalue weighted by Crippen LogP contribution is 2.05. The molecule has 102 valence electrons. The third kappa shape index (κ3) is 8.12. The number of rotatable bonds is 9. The molecule has 0 rings (SSSR count). The van der Waals surface area contributed by atoms with Crippen LogP contribution < -0.4 is 0 Å². The van der Waals surface area contributed by atoms with E-state index in [1.807, 2.05) is 13.8 Å². The summed E-state index contributed by atoms with van der Waals surface area (Å²) in [6, 6.07) is 0. The second-order valence-electron chi connectivity index (χ2n) is 3.72. The van der Waals surface area contributed by atoms with Gasteiger partial charge < -0.3 is 18.9 Å². The number of hydrogen-bond acceptors (Lipinski definition) is 5. The lowest BCUT2D eigenvalue weighted by Crippen LogP contribution is -2.27. The molecule has 0 fully saturated rings. The third-order valence-corrected chi connectivity index (χ3v) is 2.07. The average molecular weight is 248 g/mol. The van der Waals surface area contributed by atoms with Gasteiger partial charge in [0, 0.05) is 13.2 Å². The fourth-order valence-electron chi connectivity index (χ4n) is 1.18. The zero-order chi connectivity index (χ0) is 13.3. The Labute approximate surface area is 103 Å². The highest BCUT2D eigenvalue weighted by Gasteiger charge is 2.18. The van der Waals surface area contributed by atoms with E-state index in [4.69, 9.17) is 18.9 Å². The van der Waals surface area contributed by atoms with Crippen molar-refractivity contribution in [1.82, 2.24) is 0 Å². The minimum absolute atomic E-state index is 0.277. The third-order valence-electron chi connectivity index (χ3n) is 2.07. The van der Waals surface area contributed by atoms with Crippen molar-refractivity contribution < 1.29 is 23.7 Å². The van der Waals surface area contributed by atoms with Gasteiger partial charge >= 0.3 is 5.97 Å². The number of ether oxygens (including phenoxy) is 4. The molecule has 0 saturated carbocycles. The average Bonchev–Trinajstić information content (AvgIpc) is 2.26. The first-order valence-corrected chi connectivity index (χ1v) is 6.06. The molecule has 0 radical (unpaired) electrons. The number of carbonyl (C=O) groups excluding carboxylic acids is 1. The molecule has 5 nitrogen and oxygen atoms in total. The van der Waals surface area contributed by atoms with Gasteiger partial charge in [-0.3, -0.25) is 4.79 Å². The molecule has 5 heteroatoms. The van der Waals surface area contributed by atoms with Crippen molar-refractivity contribution >= 4 is 5.97 Å². The maximum Gasteiger partial charge on any atom is 0.313 e. The van der Waals surface area contributed by atoms with E-state index in [-0.39, 0.29) is 24.8 Å². The van der Waals surface area contributed by atoms with Gasteiger partial charge in [0.1, 0.15) is 0 Å². The fourth-order valence-corrected chi connectivity index (χ4v) is 1.18. The van der Waals surface area contributed by atoms with Crippen molar-refractivity contribution in [3.8, 4) is 0 Å². The molecule has 0 aliphatic carbocycles. The van der Waals surface area contributed by atoms with Gasteiger partial charge in [-0.25, -0.2) is 0 Å². The maximum atomic E-state index is 11.6. The van der Waals surface area contributed by atoms with Crippen LogP contribution in [-0.2, 0) is 23.7 Å². The Bertz CT molecular complexity index is 207. The van der Waals surface area contributed by atoms with E-state index in [1.54, 1.807) is 20.8 Å². The summed E-state index contributed by atoms with van der Waals surface area (Å²) in [5.41, 5.74) is 0. The van der Waals surface area contributed by atoms with Crippen molar-refractivity contribution in [3.63, 3.8) is 0 Å². The SMILES string of the molecule is CCOC(C)OCC(C)C(=O)OC(C)OCC. The van der Waals surface area contributed by atoms with Gasteiger partial charge in [-0.05, 0) is 34.6 Å². The predicted octanol–water partition coefficient (Wildman–Crippen LogP) is 1.95. The van der Waals surface area contributed by atoms with Gasteiger partial charge in [0.2, 0.25) is 0 Å². The minimum atomic E-state index is -0.515. The smallest absolute Gasteiger partial charge is 0.313 e. The molecule has 3 atom stereocenters. The lowest BCUT2D eigenvalue weighted by Gasteiger charge is -2.18. The Morgan fingerprint density at radius 1 is 0.941 bits per heavy atom. The topological polar surface area (TPSA) is 54.0 Å². The molecule has 0 spiro atoms. The molecule has 0 aliphatic rings. The van der Waals surface area contributed by atoms with Gasteiger partial charge in [-0.2, -0.15) is 0 Å². The Morgan fingerprint density at radius 2 is 1.47 bits per heavy atom. The standard InChI is InChI=1S/C12H24O5/c1-6-14-10(4)16-8-9(3)12(13)17-11(5)15-7-2/h9-11H,6-8H2,1-5H3. The molecule has 0 bridgehead atoms. The van der Waals surface area contributed by atoms with Crippen molar-refractivity contribution in [2.45, 2.75) is 47.2 Å². The van der Waals surface area contributed by atoms with Gasteiger partial charge in [-0.15, -0.1) is 0 Å². The van der Waals surface area contributed by atoms with E-state index >= 15 is 0 Å². The summed E-state index contributed by atoms with van der Waals surface area (Å²) in [5.74, 6) is -0.657. The second-order valence-corrected chi connectivity index (χ2v) is 3.72. The molecule has 17 heavy (non-hydrogen) atoms. The van der Waals surface area contributed by atoms with Crippen molar-refractivity contribution in [3.05, 3.63) is 0 Å². The summed E-state index contributed by atoms with van der Waals surface area (Å²) in [6.45, 7) is 10.4. The molecular formula is C12H24O5. The van der Waals surface area contributed by atoms with E-state index < -0.39 is 6.29 Å². The van der Waals surface area contributed by atoms with Gasteiger partial charge in [0.25, 0.3) is 0 Å². The second kappa shape index (κ2) is 9.39. The normalized spacial score (nSPS) is 16.3. The molecule has 0 amide bonds. The van der Waals surface area contributed by atoms with Crippen LogP contribution in [0.4, 0.5) is 0 Å². The molecule has 0 aromatic rings. The van der Waals surface area contributed by atoms with E-state index in [9.17, 15) is 4.79 Å². The van der Waals surface area contributed by atoms with Gasteiger partial charge in [0.05, 0.1) is 12.5 Å². The number of hydrogen-bond donors (Lipinski definition) is 0. The molecular weight excluding hydrogens is 224 g/mol. The van der Waals surface area contributed by atoms with E-state index in [0.717, 1.165) is 0 Å². The zero-order valence-electron chi connectivity index (χ0n) is 11.4. The van der Waals surface area contributed by atoms with E-state index in [1.165, 1.54) is 0 Å². The lowest BCUT2D eigenvalue weighted by molar-refractivity contribution is -0.184. The van der Waals surface area contributed by atoms with Crippen LogP contribution >= 0.6 is 0 Å². The Balaban J connectivity index is 3.81. The monoisotopic (exact) mass is 248 g/mol. The Morgan fingerprint density at radius 3 is 2.00 bits per heavy atom. The van der Waals surface area contributed by atoms with Gasteiger partial charge in [-0.1, -0.05) is 0 Å². The summed E-state index contributed by atoms with van der Waals surface area (Å²) in [4.78, 5) is 11.6. The Kier molecular flexibility index (Phi) is 9.03. The minimum Gasteiger partial charge on any atom is -0.436 e. The first-order valence-electron chi connectivity index (χ1n) is 6.06. The van der Waals surface area contributed by atoms with Gasteiger partial charge in [0.15, 0.2) is 12.6 Å². The predicted molar refractivity (Wildman–Crippen MR) is 63.4 cm³/mol. The first kappa shape index (κ1) is 16.4.